The van der Waals surface area contributed by atoms with Gasteiger partial charge in [-0.15, -0.1) is 11.6 Å². The highest BCUT2D eigenvalue weighted by molar-refractivity contribution is 6.17. The van der Waals surface area contributed by atoms with Crippen molar-refractivity contribution >= 4 is 11.6 Å². The molecule has 0 bridgehead atoms. The van der Waals surface area contributed by atoms with E-state index in [0.29, 0.717) is 0 Å². The lowest BCUT2D eigenvalue weighted by Gasteiger charge is -2.20. The minimum Gasteiger partial charge on any atom is -0.166 e. The monoisotopic (exact) mass is 276 g/mol. The van der Waals surface area contributed by atoms with Gasteiger partial charge in [-0.05, 0) is 18.1 Å². The van der Waals surface area contributed by atoms with Crippen LogP contribution in [0.5, 0.6) is 0 Å². The molecule has 0 amide bonds. The van der Waals surface area contributed by atoms with Gasteiger partial charge in [0.05, 0.1) is 11.1 Å². The minimum absolute atomic E-state index is 0.473. The number of alkyl halides is 7. The molecule has 0 unspecified atom stereocenters. The van der Waals surface area contributed by atoms with Gasteiger partial charge in [0.15, 0.2) is 0 Å². The Labute approximate surface area is 98.2 Å². The normalized spacial score (nSPS) is 12.9. The Morgan fingerprint density at radius 2 is 1.41 bits per heavy atom. The third kappa shape index (κ3) is 2.86. The van der Waals surface area contributed by atoms with E-state index in [2.05, 4.69) is 0 Å². The molecule has 0 saturated heterocycles. The summed E-state index contributed by atoms with van der Waals surface area (Å²) in [5, 5.41) is 0. The van der Waals surface area contributed by atoms with Crippen molar-refractivity contribution in [3.63, 3.8) is 0 Å². The standard InChI is InChI=1S/C10H7ClF6/c1-5-2-3-6(4-11)8(10(15,16)17)7(5)9(12,13)14/h2-3H,4H2,1H3. The smallest absolute Gasteiger partial charge is 0.166 e. The fourth-order valence-electron chi connectivity index (χ4n) is 1.55. The van der Waals surface area contributed by atoms with E-state index in [1.165, 1.54) is 0 Å². The number of halogens is 7. The van der Waals surface area contributed by atoms with E-state index < -0.39 is 40.5 Å². The summed E-state index contributed by atoms with van der Waals surface area (Å²) in [5.74, 6) is -0.627. The summed E-state index contributed by atoms with van der Waals surface area (Å²) < 4.78 is 75.8. The predicted octanol–water partition coefficient (Wildman–Crippen LogP) is 4.77. The highest BCUT2D eigenvalue weighted by Crippen LogP contribution is 2.43. The third-order valence-electron chi connectivity index (χ3n) is 2.21. The molecule has 1 rings (SSSR count). The van der Waals surface area contributed by atoms with Crippen molar-refractivity contribution in [3.05, 3.63) is 34.4 Å². The van der Waals surface area contributed by atoms with Crippen LogP contribution >= 0.6 is 11.6 Å². The molecular formula is C10H7ClF6. The van der Waals surface area contributed by atoms with Crippen molar-refractivity contribution in [2.45, 2.75) is 25.2 Å². The Morgan fingerprint density at radius 3 is 1.76 bits per heavy atom. The summed E-state index contributed by atoms with van der Waals surface area (Å²) in [5.41, 5.74) is -4.40. The van der Waals surface area contributed by atoms with Gasteiger partial charge in [0.25, 0.3) is 0 Å². The van der Waals surface area contributed by atoms with Gasteiger partial charge in [-0.2, -0.15) is 26.3 Å². The van der Waals surface area contributed by atoms with Gasteiger partial charge >= 0.3 is 12.4 Å². The summed E-state index contributed by atoms with van der Waals surface area (Å²) in [4.78, 5) is 0. The van der Waals surface area contributed by atoms with E-state index >= 15 is 0 Å². The number of hydrogen-bond donors (Lipinski definition) is 0. The van der Waals surface area contributed by atoms with Crippen LogP contribution in [0.1, 0.15) is 22.3 Å². The highest BCUT2D eigenvalue weighted by Gasteiger charge is 2.45. The molecular weight excluding hydrogens is 270 g/mol. The minimum atomic E-state index is -5.08. The van der Waals surface area contributed by atoms with Crippen LogP contribution in [-0.2, 0) is 18.2 Å². The Kier molecular flexibility index (Phi) is 3.66. The summed E-state index contributed by atoms with van der Waals surface area (Å²) >= 11 is 5.25. The average molecular weight is 277 g/mol. The van der Waals surface area contributed by atoms with E-state index in [-0.39, 0.29) is 0 Å². The van der Waals surface area contributed by atoms with Crippen LogP contribution in [0.15, 0.2) is 12.1 Å². The van der Waals surface area contributed by atoms with Gasteiger partial charge in [-0.1, -0.05) is 12.1 Å². The van der Waals surface area contributed by atoms with E-state index in [9.17, 15) is 26.3 Å². The summed E-state index contributed by atoms with van der Waals surface area (Å²) in [6, 6.07) is 1.94. The number of rotatable bonds is 1. The van der Waals surface area contributed by atoms with Crippen molar-refractivity contribution in [2.75, 3.05) is 0 Å². The maximum absolute atomic E-state index is 12.6. The molecule has 96 valence electrons. The first kappa shape index (κ1) is 14.2. The van der Waals surface area contributed by atoms with Gasteiger partial charge in [0, 0.05) is 5.88 Å². The molecule has 0 saturated carbocycles. The van der Waals surface area contributed by atoms with Gasteiger partial charge in [0.1, 0.15) is 0 Å². The fourth-order valence-corrected chi connectivity index (χ4v) is 1.77. The molecule has 1 aromatic carbocycles. The second-order valence-corrected chi connectivity index (χ2v) is 3.69. The van der Waals surface area contributed by atoms with E-state index in [1.54, 1.807) is 0 Å². The number of benzene rings is 1. The van der Waals surface area contributed by atoms with E-state index in [4.69, 9.17) is 11.6 Å². The molecule has 0 fully saturated rings. The van der Waals surface area contributed by atoms with Crippen LogP contribution in [0.2, 0.25) is 0 Å². The zero-order chi connectivity index (χ0) is 13.4. The zero-order valence-corrected chi connectivity index (χ0v) is 9.26. The first-order valence-corrected chi connectivity index (χ1v) is 4.95. The molecule has 1 aromatic rings. The molecule has 7 heteroatoms. The van der Waals surface area contributed by atoms with Crippen LogP contribution in [-0.4, -0.2) is 0 Å². The Morgan fingerprint density at radius 1 is 0.941 bits per heavy atom. The van der Waals surface area contributed by atoms with Crippen LogP contribution in [0.3, 0.4) is 0 Å². The molecule has 0 aliphatic rings. The molecule has 0 radical (unpaired) electrons. The number of hydrogen-bond acceptors (Lipinski definition) is 0. The van der Waals surface area contributed by atoms with Crippen molar-refractivity contribution in [3.8, 4) is 0 Å². The molecule has 0 aliphatic heterocycles. The predicted molar refractivity (Wildman–Crippen MR) is 50.7 cm³/mol. The fraction of sp³-hybridized carbons (Fsp3) is 0.400. The van der Waals surface area contributed by atoms with Crippen molar-refractivity contribution in [2.24, 2.45) is 0 Å². The highest BCUT2D eigenvalue weighted by atomic mass is 35.5. The Bertz CT molecular complexity index is 418. The Balaban J connectivity index is 3.67. The first-order chi connectivity index (χ1) is 7.59. The van der Waals surface area contributed by atoms with Crippen LogP contribution in [0, 0.1) is 6.92 Å². The summed E-state index contributed by atoms with van der Waals surface area (Å²) in [7, 11) is 0. The van der Waals surface area contributed by atoms with Crippen LogP contribution in [0.4, 0.5) is 26.3 Å². The number of aryl methyl sites for hydroxylation is 1. The Hall–Kier alpha value is -0.910. The maximum atomic E-state index is 12.6. The van der Waals surface area contributed by atoms with Gasteiger partial charge < -0.3 is 0 Å². The second-order valence-electron chi connectivity index (χ2n) is 3.42. The van der Waals surface area contributed by atoms with Crippen molar-refractivity contribution in [1.29, 1.82) is 0 Å². The molecule has 0 nitrogen and oxygen atoms in total. The second kappa shape index (κ2) is 4.40. The molecule has 0 spiro atoms. The van der Waals surface area contributed by atoms with Crippen LogP contribution in [0.25, 0.3) is 0 Å². The molecule has 17 heavy (non-hydrogen) atoms. The van der Waals surface area contributed by atoms with Gasteiger partial charge in [0.2, 0.25) is 0 Å². The molecule has 0 aliphatic carbocycles. The van der Waals surface area contributed by atoms with Crippen molar-refractivity contribution < 1.29 is 26.3 Å². The van der Waals surface area contributed by atoms with Crippen molar-refractivity contribution in [1.82, 2.24) is 0 Å². The molecule has 0 atom stereocenters. The lowest BCUT2D eigenvalue weighted by atomic mass is 9.96. The van der Waals surface area contributed by atoms with E-state index in [0.717, 1.165) is 19.1 Å². The zero-order valence-electron chi connectivity index (χ0n) is 8.51. The van der Waals surface area contributed by atoms with Gasteiger partial charge in [-0.25, -0.2) is 0 Å². The van der Waals surface area contributed by atoms with E-state index in [1.807, 2.05) is 0 Å². The summed E-state index contributed by atoms with van der Waals surface area (Å²) in [6.45, 7) is 0.982. The SMILES string of the molecule is Cc1ccc(CCl)c(C(F)(F)F)c1C(F)(F)F. The van der Waals surface area contributed by atoms with Gasteiger partial charge in [-0.3, -0.25) is 0 Å². The molecule has 0 heterocycles. The average Bonchev–Trinajstić information content (AvgIpc) is 2.13. The quantitative estimate of drug-likeness (QED) is 0.512. The topological polar surface area (TPSA) is 0 Å². The lowest BCUT2D eigenvalue weighted by Crippen LogP contribution is -2.20. The molecule has 0 N–H and O–H groups in total. The molecule has 0 aromatic heterocycles. The first-order valence-electron chi connectivity index (χ1n) is 4.42. The maximum Gasteiger partial charge on any atom is 0.417 e. The van der Waals surface area contributed by atoms with Crippen LogP contribution < -0.4 is 0 Å². The lowest BCUT2D eigenvalue weighted by molar-refractivity contribution is -0.162. The third-order valence-corrected chi connectivity index (χ3v) is 2.50. The largest absolute Gasteiger partial charge is 0.417 e. The summed E-state index contributed by atoms with van der Waals surface area (Å²) in [6.07, 6.45) is -10.1.